The SMILES string of the molecule is CC(C)OC(=O)CSc1ccc(S(=O)(=O)N2CCN(C)CC2)cn1. The Bertz CT molecular complexity index is 654. The predicted octanol–water partition coefficient (Wildman–Crippen LogP) is 1.06. The Kier molecular flexibility index (Phi) is 6.62. The average molecular weight is 374 g/mol. The number of nitrogens with zero attached hydrogens (tertiary/aromatic N) is 3. The van der Waals surface area contributed by atoms with Crippen molar-refractivity contribution >= 4 is 27.8 Å². The molecule has 0 spiro atoms. The summed E-state index contributed by atoms with van der Waals surface area (Å²) >= 11 is 1.22. The third-order valence-electron chi connectivity index (χ3n) is 3.51. The quantitative estimate of drug-likeness (QED) is 0.545. The summed E-state index contributed by atoms with van der Waals surface area (Å²) in [4.78, 5) is 17.9. The number of pyridine rings is 1. The van der Waals surface area contributed by atoms with Gasteiger partial charge in [-0.2, -0.15) is 4.31 Å². The summed E-state index contributed by atoms with van der Waals surface area (Å²) in [5, 5.41) is 0.591. The maximum atomic E-state index is 12.6. The van der Waals surface area contributed by atoms with Crippen LogP contribution in [0.1, 0.15) is 13.8 Å². The normalized spacial score (nSPS) is 17.2. The van der Waals surface area contributed by atoms with Crippen molar-refractivity contribution in [2.24, 2.45) is 0 Å². The molecule has 0 unspecified atom stereocenters. The molecule has 1 saturated heterocycles. The van der Waals surface area contributed by atoms with Crippen molar-refractivity contribution in [1.82, 2.24) is 14.2 Å². The van der Waals surface area contributed by atoms with Crippen molar-refractivity contribution in [1.29, 1.82) is 0 Å². The lowest BCUT2D eigenvalue weighted by molar-refractivity contribution is -0.144. The first-order valence-corrected chi connectivity index (χ1v) is 10.2. The van der Waals surface area contributed by atoms with Gasteiger partial charge in [-0.1, -0.05) is 11.8 Å². The summed E-state index contributed by atoms with van der Waals surface area (Å²) in [6.07, 6.45) is 1.20. The van der Waals surface area contributed by atoms with Crippen LogP contribution in [0.4, 0.5) is 0 Å². The molecule has 1 aliphatic rings. The Balaban J connectivity index is 1.97. The minimum absolute atomic E-state index is 0.149. The molecule has 0 amide bonds. The van der Waals surface area contributed by atoms with Gasteiger partial charge in [0.2, 0.25) is 10.0 Å². The van der Waals surface area contributed by atoms with E-state index >= 15 is 0 Å². The van der Waals surface area contributed by atoms with Crippen molar-refractivity contribution in [3.8, 4) is 0 Å². The molecular formula is C15H23N3O4S2. The van der Waals surface area contributed by atoms with Crippen molar-refractivity contribution in [3.05, 3.63) is 18.3 Å². The summed E-state index contributed by atoms with van der Waals surface area (Å²) < 4.78 is 31.7. The molecule has 134 valence electrons. The van der Waals surface area contributed by atoms with E-state index in [9.17, 15) is 13.2 Å². The molecule has 7 nitrogen and oxygen atoms in total. The van der Waals surface area contributed by atoms with Crippen LogP contribution in [0.2, 0.25) is 0 Å². The smallest absolute Gasteiger partial charge is 0.316 e. The number of hydrogen-bond acceptors (Lipinski definition) is 7. The molecule has 0 aromatic carbocycles. The lowest BCUT2D eigenvalue weighted by atomic mass is 10.4. The number of ether oxygens (including phenoxy) is 1. The van der Waals surface area contributed by atoms with Gasteiger partial charge in [0.25, 0.3) is 0 Å². The van der Waals surface area contributed by atoms with Crippen molar-refractivity contribution in [2.75, 3.05) is 39.0 Å². The zero-order chi connectivity index (χ0) is 17.7. The summed E-state index contributed by atoms with van der Waals surface area (Å²) in [6.45, 7) is 5.99. The molecule has 9 heteroatoms. The maximum absolute atomic E-state index is 12.6. The second-order valence-corrected chi connectivity index (χ2v) is 8.80. The molecule has 24 heavy (non-hydrogen) atoms. The van der Waals surface area contributed by atoms with Gasteiger partial charge in [0.15, 0.2) is 0 Å². The van der Waals surface area contributed by atoms with E-state index in [2.05, 4.69) is 9.88 Å². The Labute approximate surface area is 147 Å². The summed E-state index contributed by atoms with van der Waals surface area (Å²) in [7, 11) is -1.53. The highest BCUT2D eigenvalue weighted by atomic mass is 32.2. The van der Waals surface area contributed by atoms with E-state index < -0.39 is 10.0 Å². The second-order valence-electron chi connectivity index (χ2n) is 5.87. The average Bonchev–Trinajstić information content (AvgIpc) is 2.53. The molecule has 0 bridgehead atoms. The Morgan fingerprint density at radius 3 is 2.50 bits per heavy atom. The Hall–Kier alpha value is -1.16. The number of rotatable bonds is 6. The van der Waals surface area contributed by atoms with E-state index in [4.69, 9.17) is 4.74 Å². The number of esters is 1. The molecule has 2 heterocycles. The Morgan fingerprint density at radius 2 is 1.96 bits per heavy atom. The van der Waals surface area contributed by atoms with Crippen LogP contribution in [0.25, 0.3) is 0 Å². The fraction of sp³-hybridized carbons (Fsp3) is 0.600. The fourth-order valence-electron chi connectivity index (χ4n) is 2.21. The fourth-order valence-corrected chi connectivity index (χ4v) is 4.21. The van der Waals surface area contributed by atoms with Crippen molar-refractivity contribution < 1.29 is 17.9 Å². The number of piperazine rings is 1. The highest BCUT2D eigenvalue weighted by Gasteiger charge is 2.27. The number of aromatic nitrogens is 1. The molecule has 0 N–H and O–H groups in total. The zero-order valence-corrected chi connectivity index (χ0v) is 15.8. The number of thioether (sulfide) groups is 1. The minimum atomic E-state index is -3.51. The topological polar surface area (TPSA) is 79.8 Å². The van der Waals surface area contributed by atoms with E-state index in [-0.39, 0.29) is 22.7 Å². The van der Waals surface area contributed by atoms with Crippen LogP contribution in [0.5, 0.6) is 0 Å². The van der Waals surface area contributed by atoms with Crippen LogP contribution >= 0.6 is 11.8 Å². The number of carbonyl (C=O) groups excluding carboxylic acids is 1. The van der Waals surface area contributed by atoms with Gasteiger partial charge in [-0.25, -0.2) is 13.4 Å². The highest BCUT2D eigenvalue weighted by Crippen LogP contribution is 2.20. The monoisotopic (exact) mass is 373 g/mol. The van der Waals surface area contributed by atoms with Crippen LogP contribution in [-0.2, 0) is 19.6 Å². The first-order valence-electron chi connectivity index (χ1n) is 7.76. The van der Waals surface area contributed by atoms with E-state index in [0.717, 1.165) is 13.1 Å². The number of hydrogen-bond donors (Lipinski definition) is 0. The largest absolute Gasteiger partial charge is 0.462 e. The number of likely N-dealkylation sites (N-methyl/N-ethyl adjacent to an activating group) is 1. The maximum Gasteiger partial charge on any atom is 0.316 e. The third kappa shape index (κ3) is 5.17. The molecular weight excluding hydrogens is 350 g/mol. The van der Waals surface area contributed by atoms with Gasteiger partial charge in [0, 0.05) is 32.4 Å². The first kappa shape index (κ1) is 19.2. The van der Waals surface area contributed by atoms with Gasteiger partial charge in [-0.05, 0) is 33.0 Å². The van der Waals surface area contributed by atoms with Crippen LogP contribution in [0, 0.1) is 0 Å². The summed E-state index contributed by atoms with van der Waals surface area (Å²) in [5.41, 5.74) is 0. The van der Waals surface area contributed by atoms with Gasteiger partial charge in [0.05, 0.1) is 16.9 Å². The van der Waals surface area contributed by atoms with Gasteiger partial charge in [-0.15, -0.1) is 0 Å². The van der Waals surface area contributed by atoms with E-state index in [1.54, 1.807) is 19.9 Å². The highest BCUT2D eigenvalue weighted by molar-refractivity contribution is 7.99. The number of sulfonamides is 1. The molecule has 1 aliphatic heterocycles. The van der Waals surface area contributed by atoms with Crippen LogP contribution in [0.3, 0.4) is 0 Å². The van der Waals surface area contributed by atoms with Crippen molar-refractivity contribution in [3.63, 3.8) is 0 Å². The van der Waals surface area contributed by atoms with Gasteiger partial charge in [-0.3, -0.25) is 4.79 Å². The zero-order valence-electron chi connectivity index (χ0n) is 14.1. The van der Waals surface area contributed by atoms with Gasteiger partial charge >= 0.3 is 5.97 Å². The molecule has 0 atom stereocenters. The molecule has 1 aromatic heterocycles. The second kappa shape index (κ2) is 8.28. The minimum Gasteiger partial charge on any atom is -0.462 e. The standard InChI is InChI=1S/C15H23N3O4S2/c1-12(2)22-15(19)11-23-14-5-4-13(10-16-14)24(20,21)18-8-6-17(3)7-9-18/h4-5,10,12H,6-9,11H2,1-3H3. The van der Waals surface area contributed by atoms with E-state index in [1.165, 1.54) is 28.3 Å². The van der Waals surface area contributed by atoms with E-state index in [0.29, 0.717) is 18.1 Å². The van der Waals surface area contributed by atoms with Crippen LogP contribution < -0.4 is 0 Å². The lowest BCUT2D eigenvalue weighted by Crippen LogP contribution is -2.47. The van der Waals surface area contributed by atoms with Crippen molar-refractivity contribution in [2.45, 2.75) is 29.9 Å². The van der Waals surface area contributed by atoms with Crippen LogP contribution in [-0.4, -0.2) is 73.7 Å². The molecule has 0 radical (unpaired) electrons. The molecule has 0 saturated carbocycles. The summed E-state index contributed by atoms with van der Waals surface area (Å²) in [6, 6.07) is 3.16. The summed E-state index contributed by atoms with van der Waals surface area (Å²) in [5.74, 6) is -0.165. The van der Waals surface area contributed by atoms with Crippen LogP contribution in [0.15, 0.2) is 28.3 Å². The molecule has 2 rings (SSSR count). The third-order valence-corrected chi connectivity index (χ3v) is 6.31. The van der Waals surface area contributed by atoms with E-state index in [1.807, 2.05) is 7.05 Å². The first-order chi connectivity index (χ1) is 11.3. The predicted molar refractivity (Wildman–Crippen MR) is 92.4 cm³/mol. The Morgan fingerprint density at radius 1 is 1.29 bits per heavy atom. The van der Waals surface area contributed by atoms with Gasteiger partial charge < -0.3 is 9.64 Å². The molecule has 1 fully saturated rings. The molecule has 1 aromatic rings. The molecule has 0 aliphatic carbocycles. The number of carbonyl (C=O) groups is 1. The van der Waals surface area contributed by atoms with Gasteiger partial charge in [0.1, 0.15) is 4.90 Å². The lowest BCUT2D eigenvalue weighted by Gasteiger charge is -2.31.